The lowest BCUT2D eigenvalue weighted by molar-refractivity contribution is -0.155. The fraction of sp³-hybridized carbons (Fsp3) is 0.467. The lowest BCUT2D eigenvalue weighted by Gasteiger charge is -2.22. The summed E-state index contributed by atoms with van der Waals surface area (Å²) in [5.74, 6) is -0.461. The van der Waals surface area contributed by atoms with E-state index in [0.717, 1.165) is 5.56 Å². The highest BCUT2D eigenvalue weighted by Crippen LogP contribution is 2.08. The molecule has 110 valence electrons. The second-order valence-electron chi connectivity index (χ2n) is 5.48. The van der Waals surface area contributed by atoms with Gasteiger partial charge in [-0.1, -0.05) is 30.3 Å². The first-order valence-corrected chi connectivity index (χ1v) is 6.41. The molecule has 1 aromatic rings. The number of likely N-dealkylation sites (N-methyl/N-ethyl adjacent to an activating group) is 1. The van der Waals surface area contributed by atoms with Gasteiger partial charge in [-0.25, -0.2) is 4.79 Å². The Morgan fingerprint density at radius 1 is 1.15 bits per heavy atom. The van der Waals surface area contributed by atoms with Crippen LogP contribution in [0.5, 0.6) is 0 Å². The Morgan fingerprint density at radius 2 is 1.75 bits per heavy atom. The normalized spacial score (nSPS) is 10.8. The van der Waals surface area contributed by atoms with Crippen LogP contribution in [0.1, 0.15) is 26.3 Å². The Kier molecular flexibility index (Phi) is 5.55. The van der Waals surface area contributed by atoms with E-state index in [1.165, 1.54) is 11.9 Å². The number of amides is 1. The van der Waals surface area contributed by atoms with Gasteiger partial charge in [0.15, 0.2) is 0 Å². The third kappa shape index (κ3) is 6.22. The average Bonchev–Trinajstić information content (AvgIpc) is 2.34. The number of hydrogen-bond acceptors (Lipinski definition) is 4. The molecule has 0 saturated heterocycles. The standard InChI is InChI=1S/C15H21NO4/c1-15(2,3)20-13(17)10-16(4)14(18)19-11-12-8-6-5-7-9-12/h5-9H,10-11H2,1-4H3. The first-order valence-electron chi connectivity index (χ1n) is 6.41. The van der Waals surface area contributed by atoms with E-state index in [-0.39, 0.29) is 13.2 Å². The van der Waals surface area contributed by atoms with Crippen molar-refractivity contribution in [2.24, 2.45) is 0 Å². The van der Waals surface area contributed by atoms with Crippen LogP contribution < -0.4 is 0 Å². The maximum absolute atomic E-state index is 11.7. The van der Waals surface area contributed by atoms with E-state index in [2.05, 4.69) is 0 Å². The number of esters is 1. The summed E-state index contributed by atoms with van der Waals surface area (Å²) in [7, 11) is 1.50. The van der Waals surface area contributed by atoms with Gasteiger partial charge in [0.05, 0.1) is 0 Å². The third-order valence-corrected chi connectivity index (χ3v) is 2.30. The molecule has 1 aromatic carbocycles. The molecular weight excluding hydrogens is 258 g/mol. The molecule has 0 atom stereocenters. The molecule has 5 heteroatoms. The van der Waals surface area contributed by atoms with Crippen LogP contribution in [-0.4, -0.2) is 36.2 Å². The van der Waals surface area contributed by atoms with E-state index in [9.17, 15) is 9.59 Å². The van der Waals surface area contributed by atoms with Crippen LogP contribution in [0.4, 0.5) is 4.79 Å². The van der Waals surface area contributed by atoms with Gasteiger partial charge in [0.1, 0.15) is 18.8 Å². The van der Waals surface area contributed by atoms with E-state index in [1.54, 1.807) is 20.8 Å². The van der Waals surface area contributed by atoms with Crippen LogP contribution in [0, 0.1) is 0 Å². The minimum absolute atomic E-state index is 0.134. The highest BCUT2D eigenvalue weighted by molar-refractivity contribution is 5.78. The van der Waals surface area contributed by atoms with Crippen LogP contribution in [0.2, 0.25) is 0 Å². The molecule has 0 unspecified atom stereocenters. The number of carbonyl (C=O) groups excluding carboxylic acids is 2. The topological polar surface area (TPSA) is 55.8 Å². The summed E-state index contributed by atoms with van der Waals surface area (Å²) in [6.07, 6.45) is -0.556. The van der Waals surface area contributed by atoms with Gasteiger partial charge in [0.2, 0.25) is 0 Å². The Labute approximate surface area is 119 Å². The molecule has 0 radical (unpaired) electrons. The molecule has 0 spiro atoms. The summed E-state index contributed by atoms with van der Waals surface area (Å²) in [5.41, 5.74) is 0.331. The molecule has 0 heterocycles. The highest BCUT2D eigenvalue weighted by Gasteiger charge is 2.20. The van der Waals surface area contributed by atoms with Crippen LogP contribution >= 0.6 is 0 Å². The van der Waals surface area contributed by atoms with Gasteiger partial charge in [-0.05, 0) is 26.3 Å². The second kappa shape index (κ2) is 6.93. The van der Waals surface area contributed by atoms with Crippen molar-refractivity contribution in [1.82, 2.24) is 4.90 Å². The predicted molar refractivity (Wildman–Crippen MR) is 75.1 cm³/mol. The van der Waals surface area contributed by atoms with Gasteiger partial charge in [-0.15, -0.1) is 0 Å². The van der Waals surface area contributed by atoms with Crippen molar-refractivity contribution >= 4 is 12.1 Å². The van der Waals surface area contributed by atoms with Crippen molar-refractivity contribution in [3.05, 3.63) is 35.9 Å². The number of benzene rings is 1. The lowest BCUT2D eigenvalue weighted by atomic mass is 10.2. The van der Waals surface area contributed by atoms with Gasteiger partial charge in [-0.3, -0.25) is 4.79 Å². The number of hydrogen-bond donors (Lipinski definition) is 0. The Balaban J connectivity index is 2.38. The lowest BCUT2D eigenvalue weighted by Crippen LogP contribution is -2.36. The monoisotopic (exact) mass is 279 g/mol. The molecule has 0 aliphatic carbocycles. The Morgan fingerprint density at radius 3 is 2.30 bits per heavy atom. The Hall–Kier alpha value is -2.04. The van der Waals surface area contributed by atoms with Crippen LogP contribution in [0.3, 0.4) is 0 Å². The van der Waals surface area contributed by atoms with Gasteiger partial charge >= 0.3 is 12.1 Å². The summed E-state index contributed by atoms with van der Waals surface area (Å²) >= 11 is 0. The molecule has 0 bridgehead atoms. The van der Waals surface area contributed by atoms with Crippen molar-refractivity contribution in [2.45, 2.75) is 33.0 Å². The molecule has 20 heavy (non-hydrogen) atoms. The average molecular weight is 279 g/mol. The van der Waals surface area contributed by atoms with Crippen molar-refractivity contribution in [1.29, 1.82) is 0 Å². The molecule has 0 N–H and O–H groups in total. The molecule has 0 aliphatic rings. The Bertz CT molecular complexity index is 451. The molecule has 0 fully saturated rings. The largest absolute Gasteiger partial charge is 0.459 e. The fourth-order valence-electron chi connectivity index (χ4n) is 1.46. The van der Waals surface area contributed by atoms with Gasteiger partial charge in [0, 0.05) is 7.05 Å². The predicted octanol–water partition coefficient (Wildman–Crippen LogP) is 2.60. The van der Waals surface area contributed by atoms with Crippen molar-refractivity contribution < 1.29 is 19.1 Å². The minimum atomic E-state index is -0.564. The maximum Gasteiger partial charge on any atom is 0.410 e. The number of ether oxygens (including phenoxy) is 2. The van der Waals surface area contributed by atoms with E-state index in [4.69, 9.17) is 9.47 Å². The van der Waals surface area contributed by atoms with Crippen molar-refractivity contribution in [3.8, 4) is 0 Å². The zero-order valence-electron chi connectivity index (χ0n) is 12.4. The van der Waals surface area contributed by atoms with Crippen LogP contribution in [-0.2, 0) is 20.9 Å². The molecule has 0 aliphatic heterocycles. The van der Waals surface area contributed by atoms with E-state index < -0.39 is 17.7 Å². The fourth-order valence-corrected chi connectivity index (χ4v) is 1.46. The van der Waals surface area contributed by atoms with Crippen molar-refractivity contribution in [2.75, 3.05) is 13.6 Å². The van der Waals surface area contributed by atoms with Crippen LogP contribution in [0.15, 0.2) is 30.3 Å². The van der Waals surface area contributed by atoms with Crippen LogP contribution in [0.25, 0.3) is 0 Å². The molecule has 5 nitrogen and oxygen atoms in total. The van der Waals surface area contributed by atoms with E-state index in [0.29, 0.717) is 0 Å². The molecule has 1 amide bonds. The smallest absolute Gasteiger partial charge is 0.410 e. The van der Waals surface area contributed by atoms with E-state index >= 15 is 0 Å². The third-order valence-electron chi connectivity index (χ3n) is 2.30. The quantitative estimate of drug-likeness (QED) is 0.795. The number of rotatable bonds is 4. The summed E-state index contributed by atoms with van der Waals surface area (Å²) in [6.45, 7) is 5.37. The summed E-state index contributed by atoms with van der Waals surface area (Å²) in [5, 5.41) is 0. The van der Waals surface area contributed by atoms with Crippen molar-refractivity contribution in [3.63, 3.8) is 0 Å². The molecular formula is C15H21NO4. The van der Waals surface area contributed by atoms with Gasteiger partial charge in [0.25, 0.3) is 0 Å². The van der Waals surface area contributed by atoms with Gasteiger partial charge < -0.3 is 14.4 Å². The first-order chi connectivity index (χ1) is 9.28. The molecule has 1 rings (SSSR count). The minimum Gasteiger partial charge on any atom is -0.459 e. The number of nitrogens with zero attached hydrogens (tertiary/aromatic N) is 1. The van der Waals surface area contributed by atoms with E-state index in [1.807, 2.05) is 30.3 Å². The molecule has 0 aromatic heterocycles. The zero-order chi connectivity index (χ0) is 15.2. The second-order valence-corrected chi connectivity index (χ2v) is 5.48. The molecule has 0 saturated carbocycles. The number of carbonyl (C=O) groups is 2. The SMILES string of the molecule is CN(CC(=O)OC(C)(C)C)C(=O)OCc1ccccc1. The summed E-state index contributed by atoms with van der Waals surface area (Å²) < 4.78 is 10.2. The zero-order valence-corrected chi connectivity index (χ0v) is 12.4. The highest BCUT2D eigenvalue weighted by atomic mass is 16.6. The first kappa shape index (κ1) is 16.0. The maximum atomic E-state index is 11.7. The van der Waals surface area contributed by atoms with Gasteiger partial charge in [-0.2, -0.15) is 0 Å². The summed E-state index contributed by atoms with van der Waals surface area (Å²) in [6, 6.07) is 9.35. The summed E-state index contributed by atoms with van der Waals surface area (Å²) in [4.78, 5) is 24.5.